The SMILES string of the molecule is Cc1cccc(NC(=O)C[C@@H]2C(=O)NCCN2C(=O)CN2CCN(c3cccc(Cl)c3)CC2)c1. The van der Waals surface area contributed by atoms with Gasteiger partial charge in [0.05, 0.1) is 13.0 Å². The Morgan fingerprint density at radius 2 is 1.82 bits per heavy atom. The van der Waals surface area contributed by atoms with Crippen LogP contribution in [0.2, 0.25) is 5.02 Å². The molecule has 0 spiro atoms. The molecule has 2 aliphatic heterocycles. The summed E-state index contributed by atoms with van der Waals surface area (Å²) in [5.41, 5.74) is 2.78. The second-order valence-corrected chi connectivity index (χ2v) is 9.20. The van der Waals surface area contributed by atoms with Gasteiger partial charge in [-0.25, -0.2) is 0 Å². The molecular weight excluding hydrogens is 454 g/mol. The molecule has 0 aromatic heterocycles. The van der Waals surface area contributed by atoms with Crippen LogP contribution < -0.4 is 15.5 Å². The highest BCUT2D eigenvalue weighted by atomic mass is 35.5. The maximum absolute atomic E-state index is 13.1. The first-order valence-electron chi connectivity index (χ1n) is 11.6. The molecule has 180 valence electrons. The number of nitrogens with one attached hydrogen (secondary N) is 2. The lowest BCUT2D eigenvalue weighted by atomic mass is 10.1. The molecule has 2 aromatic rings. The molecule has 2 fully saturated rings. The Bertz CT molecular complexity index is 1050. The first kappa shape index (κ1) is 24.0. The molecule has 2 aliphatic rings. The number of aryl methyl sites for hydroxylation is 1. The van der Waals surface area contributed by atoms with Crippen molar-refractivity contribution in [2.45, 2.75) is 19.4 Å². The van der Waals surface area contributed by atoms with Crippen LogP contribution in [-0.2, 0) is 14.4 Å². The quantitative estimate of drug-likeness (QED) is 0.657. The summed E-state index contributed by atoms with van der Waals surface area (Å²) in [5.74, 6) is -0.704. The third kappa shape index (κ3) is 6.07. The summed E-state index contributed by atoms with van der Waals surface area (Å²) in [5, 5.41) is 6.32. The number of rotatable bonds is 6. The summed E-state index contributed by atoms with van der Waals surface area (Å²) >= 11 is 6.11. The molecule has 9 heteroatoms. The molecule has 4 rings (SSSR count). The number of carbonyl (C=O) groups is 3. The number of anilines is 2. The van der Waals surface area contributed by atoms with Crippen molar-refractivity contribution in [1.29, 1.82) is 0 Å². The third-order valence-corrected chi connectivity index (χ3v) is 6.47. The maximum Gasteiger partial charge on any atom is 0.243 e. The van der Waals surface area contributed by atoms with E-state index in [4.69, 9.17) is 11.6 Å². The summed E-state index contributed by atoms with van der Waals surface area (Å²) < 4.78 is 0. The van der Waals surface area contributed by atoms with Crippen molar-refractivity contribution >= 4 is 40.7 Å². The molecule has 1 atom stereocenters. The minimum Gasteiger partial charge on any atom is -0.369 e. The number of carbonyl (C=O) groups excluding carboxylic acids is 3. The first-order valence-corrected chi connectivity index (χ1v) is 11.9. The van der Waals surface area contributed by atoms with Gasteiger partial charge in [0, 0.05) is 55.7 Å². The highest BCUT2D eigenvalue weighted by Gasteiger charge is 2.35. The summed E-state index contributed by atoms with van der Waals surface area (Å²) in [4.78, 5) is 44.2. The number of halogens is 1. The van der Waals surface area contributed by atoms with E-state index in [2.05, 4.69) is 20.4 Å². The molecular formula is C25H30ClN5O3. The van der Waals surface area contributed by atoms with Crippen molar-refractivity contribution < 1.29 is 14.4 Å². The standard InChI is InChI=1S/C25H30ClN5O3/c1-18-4-2-6-20(14-18)28-23(32)16-22-25(34)27-8-9-31(22)24(33)17-29-10-12-30(13-11-29)21-7-3-5-19(26)15-21/h2-7,14-15,22H,8-13,16-17H2,1H3,(H,27,34)(H,28,32)/t22-/m1/s1. The van der Waals surface area contributed by atoms with Crippen LogP contribution in [0.5, 0.6) is 0 Å². The van der Waals surface area contributed by atoms with Gasteiger partial charge in [0.1, 0.15) is 6.04 Å². The summed E-state index contributed by atoms with van der Waals surface area (Å²) in [6, 6.07) is 14.4. The van der Waals surface area contributed by atoms with Crippen LogP contribution >= 0.6 is 11.6 Å². The number of amides is 3. The van der Waals surface area contributed by atoms with E-state index < -0.39 is 6.04 Å². The van der Waals surface area contributed by atoms with Crippen LogP contribution in [0.1, 0.15) is 12.0 Å². The van der Waals surface area contributed by atoms with Crippen LogP contribution in [0, 0.1) is 6.92 Å². The van der Waals surface area contributed by atoms with Crippen molar-refractivity contribution in [2.75, 3.05) is 56.0 Å². The van der Waals surface area contributed by atoms with Gasteiger partial charge in [-0.2, -0.15) is 0 Å². The van der Waals surface area contributed by atoms with E-state index in [0.717, 1.165) is 37.4 Å². The molecule has 0 saturated carbocycles. The molecule has 8 nitrogen and oxygen atoms in total. The van der Waals surface area contributed by atoms with E-state index in [0.29, 0.717) is 23.8 Å². The molecule has 0 aliphatic carbocycles. The molecule has 3 amide bonds. The third-order valence-electron chi connectivity index (χ3n) is 6.24. The molecule has 34 heavy (non-hydrogen) atoms. The fourth-order valence-corrected chi connectivity index (χ4v) is 4.63. The Morgan fingerprint density at radius 3 is 2.56 bits per heavy atom. The van der Waals surface area contributed by atoms with Gasteiger partial charge in [-0.15, -0.1) is 0 Å². The lowest BCUT2D eigenvalue weighted by Gasteiger charge is -2.39. The smallest absolute Gasteiger partial charge is 0.243 e. The lowest BCUT2D eigenvalue weighted by Crippen LogP contribution is -2.60. The van der Waals surface area contributed by atoms with Crippen molar-refractivity contribution in [3.8, 4) is 0 Å². The molecule has 2 heterocycles. The van der Waals surface area contributed by atoms with Gasteiger partial charge in [0.25, 0.3) is 0 Å². The molecule has 2 aromatic carbocycles. The van der Waals surface area contributed by atoms with E-state index in [-0.39, 0.29) is 30.7 Å². The minimum absolute atomic E-state index is 0.0753. The Balaban J connectivity index is 1.32. The topological polar surface area (TPSA) is 85.0 Å². The summed E-state index contributed by atoms with van der Waals surface area (Å²) in [6.07, 6.45) is -0.0753. The van der Waals surface area contributed by atoms with Crippen LogP contribution in [-0.4, -0.2) is 79.4 Å². The summed E-state index contributed by atoms with van der Waals surface area (Å²) in [7, 11) is 0. The van der Waals surface area contributed by atoms with Gasteiger partial charge in [-0.3, -0.25) is 19.3 Å². The average molecular weight is 484 g/mol. The zero-order valence-electron chi connectivity index (χ0n) is 19.3. The van der Waals surface area contributed by atoms with E-state index in [1.54, 1.807) is 11.0 Å². The van der Waals surface area contributed by atoms with Crippen molar-refractivity contribution in [1.82, 2.24) is 15.1 Å². The Labute approximate surface area is 204 Å². The molecule has 2 N–H and O–H groups in total. The van der Waals surface area contributed by atoms with E-state index >= 15 is 0 Å². The number of benzene rings is 2. The van der Waals surface area contributed by atoms with E-state index in [9.17, 15) is 14.4 Å². The predicted octanol–water partition coefficient (Wildman–Crippen LogP) is 2.13. The Morgan fingerprint density at radius 1 is 1.06 bits per heavy atom. The average Bonchev–Trinajstić information content (AvgIpc) is 2.81. The monoisotopic (exact) mass is 483 g/mol. The predicted molar refractivity (Wildman–Crippen MR) is 133 cm³/mol. The number of nitrogens with zero attached hydrogens (tertiary/aromatic N) is 3. The van der Waals surface area contributed by atoms with Crippen molar-refractivity contribution in [2.24, 2.45) is 0 Å². The fourth-order valence-electron chi connectivity index (χ4n) is 4.45. The van der Waals surface area contributed by atoms with E-state index in [1.165, 1.54) is 0 Å². The normalized spacial score (nSPS) is 19.0. The zero-order chi connectivity index (χ0) is 24.1. The molecule has 0 unspecified atom stereocenters. The van der Waals surface area contributed by atoms with Crippen LogP contribution in [0.25, 0.3) is 0 Å². The largest absolute Gasteiger partial charge is 0.369 e. The van der Waals surface area contributed by atoms with Gasteiger partial charge in [0.15, 0.2) is 0 Å². The van der Waals surface area contributed by atoms with Gasteiger partial charge in [0.2, 0.25) is 17.7 Å². The number of hydrogen-bond donors (Lipinski definition) is 2. The van der Waals surface area contributed by atoms with E-state index in [1.807, 2.05) is 49.4 Å². The molecule has 0 radical (unpaired) electrons. The first-order chi connectivity index (χ1) is 16.4. The van der Waals surface area contributed by atoms with Crippen LogP contribution in [0.15, 0.2) is 48.5 Å². The van der Waals surface area contributed by atoms with Crippen LogP contribution in [0.3, 0.4) is 0 Å². The van der Waals surface area contributed by atoms with Crippen LogP contribution in [0.4, 0.5) is 11.4 Å². The second-order valence-electron chi connectivity index (χ2n) is 8.76. The highest BCUT2D eigenvalue weighted by Crippen LogP contribution is 2.21. The highest BCUT2D eigenvalue weighted by molar-refractivity contribution is 6.30. The minimum atomic E-state index is -0.807. The zero-order valence-corrected chi connectivity index (χ0v) is 20.1. The van der Waals surface area contributed by atoms with Crippen molar-refractivity contribution in [3.05, 3.63) is 59.1 Å². The van der Waals surface area contributed by atoms with Crippen molar-refractivity contribution in [3.63, 3.8) is 0 Å². The lowest BCUT2D eigenvalue weighted by molar-refractivity contribution is -0.145. The Hall–Kier alpha value is -3.10. The van der Waals surface area contributed by atoms with Gasteiger partial charge < -0.3 is 20.4 Å². The van der Waals surface area contributed by atoms with Gasteiger partial charge in [-0.1, -0.05) is 29.8 Å². The Kier molecular flexibility index (Phi) is 7.70. The number of hydrogen-bond acceptors (Lipinski definition) is 5. The molecule has 0 bridgehead atoms. The number of piperazine rings is 2. The maximum atomic E-state index is 13.1. The molecule has 2 saturated heterocycles. The summed E-state index contributed by atoms with van der Waals surface area (Å²) in [6.45, 7) is 6.01. The fraction of sp³-hybridized carbons (Fsp3) is 0.400. The van der Waals surface area contributed by atoms with Gasteiger partial charge in [-0.05, 0) is 42.8 Å². The van der Waals surface area contributed by atoms with Gasteiger partial charge >= 0.3 is 0 Å². The second kappa shape index (κ2) is 10.9.